The first-order chi connectivity index (χ1) is 10.2. The van der Waals surface area contributed by atoms with Crippen LogP contribution in [-0.2, 0) is 9.59 Å². The minimum Gasteiger partial charge on any atom is -0.307 e. The lowest BCUT2D eigenvalue weighted by Gasteiger charge is -2.21. The van der Waals surface area contributed by atoms with E-state index in [-0.39, 0.29) is 6.04 Å². The zero-order valence-corrected chi connectivity index (χ0v) is 13.8. The zero-order chi connectivity index (χ0) is 15.3. The topological polar surface area (TPSA) is 46.2 Å². The lowest BCUT2D eigenvalue weighted by molar-refractivity contribution is -0.123. The maximum atomic E-state index is 11.8. The molecule has 1 fully saturated rings. The van der Waals surface area contributed by atoms with Crippen LogP contribution in [0.2, 0.25) is 0 Å². The summed E-state index contributed by atoms with van der Waals surface area (Å²) in [5, 5.41) is 3.26. The minimum atomic E-state index is 0.0186. The second kappa shape index (κ2) is 11.9. The fourth-order valence-electron chi connectivity index (χ4n) is 2.99. The van der Waals surface area contributed by atoms with Gasteiger partial charge in [-0.2, -0.15) is 0 Å². The lowest BCUT2D eigenvalue weighted by Crippen LogP contribution is -2.39. The molecule has 1 unspecified atom stereocenters. The van der Waals surface area contributed by atoms with Crippen molar-refractivity contribution in [2.45, 2.75) is 96.4 Å². The highest BCUT2D eigenvalue weighted by Crippen LogP contribution is 2.14. The molecule has 0 bridgehead atoms. The molecular formula is C18H33NO2. The van der Waals surface area contributed by atoms with Crippen molar-refractivity contribution in [2.24, 2.45) is 0 Å². The Morgan fingerprint density at radius 1 is 1.05 bits per heavy atom. The van der Waals surface area contributed by atoms with E-state index in [2.05, 4.69) is 12.2 Å². The molecule has 0 spiro atoms. The SMILES string of the molecule is CCCCCCCCCC(=O)CCNC1CCCCC1=O. The third-order valence-electron chi connectivity index (χ3n) is 4.41. The van der Waals surface area contributed by atoms with E-state index in [9.17, 15) is 9.59 Å². The van der Waals surface area contributed by atoms with Crippen LogP contribution in [0.15, 0.2) is 0 Å². The Morgan fingerprint density at radius 3 is 2.48 bits per heavy atom. The quantitative estimate of drug-likeness (QED) is 0.549. The number of carbonyl (C=O) groups excluding carboxylic acids is 2. The van der Waals surface area contributed by atoms with Crippen molar-refractivity contribution >= 4 is 11.6 Å². The zero-order valence-electron chi connectivity index (χ0n) is 13.8. The third-order valence-corrected chi connectivity index (χ3v) is 4.41. The number of Topliss-reactive ketones (excluding diaryl/α,β-unsaturated/α-hetero) is 2. The van der Waals surface area contributed by atoms with Gasteiger partial charge in [0.25, 0.3) is 0 Å². The Hall–Kier alpha value is -0.700. The molecule has 21 heavy (non-hydrogen) atoms. The van der Waals surface area contributed by atoms with Crippen LogP contribution in [0.4, 0.5) is 0 Å². The van der Waals surface area contributed by atoms with Gasteiger partial charge in [0.2, 0.25) is 0 Å². The summed E-state index contributed by atoms with van der Waals surface area (Å²) < 4.78 is 0. The first-order valence-corrected chi connectivity index (χ1v) is 9.02. The normalized spacial score (nSPS) is 18.9. The van der Waals surface area contributed by atoms with E-state index < -0.39 is 0 Å². The number of rotatable bonds is 12. The molecule has 0 aromatic heterocycles. The largest absolute Gasteiger partial charge is 0.307 e. The van der Waals surface area contributed by atoms with Crippen molar-refractivity contribution in [2.75, 3.05) is 6.54 Å². The van der Waals surface area contributed by atoms with Crippen LogP contribution < -0.4 is 5.32 Å². The van der Waals surface area contributed by atoms with E-state index in [1.807, 2.05) is 0 Å². The molecular weight excluding hydrogens is 262 g/mol. The highest BCUT2D eigenvalue weighted by atomic mass is 16.1. The number of carbonyl (C=O) groups is 2. The molecule has 0 aromatic carbocycles. The van der Waals surface area contributed by atoms with Crippen molar-refractivity contribution in [3.05, 3.63) is 0 Å². The lowest BCUT2D eigenvalue weighted by atomic mass is 9.94. The van der Waals surface area contributed by atoms with Crippen molar-refractivity contribution in [3.8, 4) is 0 Å². The summed E-state index contributed by atoms with van der Waals surface area (Å²) in [6.45, 7) is 2.90. The number of unbranched alkanes of at least 4 members (excludes halogenated alkanes) is 6. The van der Waals surface area contributed by atoms with Gasteiger partial charge in [0, 0.05) is 25.8 Å². The smallest absolute Gasteiger partial charge is 0.149 e. The van der Waals surface area contributed by atoms with E-state index in [1.54, 1.807) is 0 Å². The van der Waals surface area contributed by atoms with Crippen LogP contribution in [-0.4, -0.2) is 24.2 Å². The van der Waals surface area contributed by atoms with Crippen molar-refractivity contribution in [3.63, 3.8) is 0 Å². The first kappa shape index (κ1) is 18.3. The molecule has 0 saturated heterocycles. The summed E-state index contributed by atoms with van der Waals surface area (Å²) in [7, 11) is 0. The van der Waals surface area contributed by atoms with Gasteiger partial charge in [-0.1, -0.05) is 51.9 Å². The van der Waals surface area contributed by atoms with E-state index in [0.717, 1.165) is 25.7 Å². The molecule has 0 aliphatic heterocycles. The molecule has 1 saturated carbocycles. The molecule has 1 atom stereocenters. The van der Waals surface area contributed by atoms with Gasteiger partial charge in [0.15, 0.2) is 0 Å². The van der Waals surface area contributed by atoms with Gasteiger partial charge in [-0.3, -0.25) is 9.59 Å². The standard InChI is InChI=1S/C18H33NO2/c1-2-3-4-5-6-7-8-11-16(20)14-15-19-17-12-9-10-13-18(17)21/h17,19H,2-15H2,1H3. The minimum absolute atomic E-state index is 0.0186. The number of ketones is 2. The molecule has 1 aliphatic rings. The summed E-state index contributed by atoms with van der Waals surface area (Å²) in [5.74, 6) is 0.681. The molecule has 1 rings (SSSR count). The Labute approximate surface area is 130 Å². The predicted molar refractivity (Wildman–Crippen MR) is 87.5 cm³/mol. The van der Waals surface area contributed by atoms with Crippen LogP contribution in [0.5, 0.6) is 0 Å². The summed E-state index contributed by atoms with van der Waals surface area (Å²) in [4.78, 5) is 23.4. The Balaban J connectivity index is 1.92. The molecule has 0 heterocycles. The highest BCUT2D eigenvalue weighted by molar-refractivity contribution is 5.84. The Bertz CT molecular complexity index is 302. The second-order valence-corrected chi connectivity index (χ2v) is 6.38. The molecule has 0 radical (unpaired) electrons. The van der Waals surface area contributed by atoms with Crippen LogP contribution in [0.3, 0.4) is 0 Å². The van der Waals surface area contributed by atoms with Gasteiger partial charge in [0.05, 0.1) is 6.04 Å². The maximum absolute atomic E-state index is 11.8. The molecule has 1 aliphatic carbocycles. The average molecular weight is 295 g/mol. The predicted octanol–water partition coefficient (Wildman–Crippen LogP) is 4.19. The maximum Gasteiger partial charge on any atom is 0.149 e. The molecule has 1 N–H and O–H groups in total. The summed E-state index contributed by atoms with van der Waals surface area (Å²) in [5.41, 5.74) is 0. The van der Waals surface area contributed by atoms with Gasteiger partial charge >= 0.3 is 0 Å². The van der Waals surface area contributed by atoms with E-state index >= 15 is 0 Å². The summed E-state index contributed by atoms with van der Waals surface area (Å²) >= 11 is 0. The number of hydrogen-bond acceptors (Lipinski definition) is 3. The van der Waals surface area contributed by atoms with Crippen molar-refractivity contribution in [1.82, 2.24) is 5.32 Å². The molecule has 3 nitrogen and oxygen atoms in total. The average Bonchev–Trinajstić information content (AvgIpc) is 2.48. The monoisotopic (exact) mass is 295 g/mol. The van der Waals surface area contributed by atoms with Crippen LogP contribution >= 0.6 is 0 Å². The molecule has 122 valence electrons. The molecule has 0 amide bonds. The number of nitrogens with one attached hydrogen (secondary N) is 1. The van der Waals surface area contributed by atoms with Gasteiger partial charge in [-0.25, -0.2) is 0 Å². The van der Waals surface area contributed by atoms with Gasteiger partial charge in [-0.15, -0.1) is 0 Å². The fourth-order valence-corrected chi connectivity index (χ4v) is 2.99. The van der Waals surface area contributed by atoms with Gasteiger partial charge < -0.3 is 5.32 Å². The van der Waals surface area contributed by atoms with E-state index in [4.69, 9.17) is 0 Å². The van der Waals surface area contributed by atoms with Crippen molar-refractivity contribution in [1.29, 1.82) is 0 Å². The second-order valence-electron chi connectivity index (χ2n) is 6.38. The van der Waals surface area contributed by atoms with Crippen LogP contribution in [0.25, 0.3) is 0 Å². The van der Waals surface area contributed by atoms with E-state index in [0.29, 0.717) is 37.4 Å². The van der Waals surface area contributed by atoms with Gasteiger partial charge in [0.1, 0.15) is 11.6 Å². The highest BCUT2D eigenvalue weighted by Gasteiger charge is 2.21. The molecule has 0 aromatic rings. The fraction of sp³-hybridized carbons (Fsp3) is 0.889. The first-order valence-electron chi connectivity index (χ1n) is 9.02. The van der Waals surface area contributed by atoms with Gasteiger partial charge in [-0.05, 0) is 19.3 Å². The molecule has 3 heteroatoms. The Kier molecular flexibility index (Phi) is 10.4. The summed E-state index contributed by atoms with van der Waals surface area (Å²) in [6.07, 6.45) is 13.9. The number of hydrogen-bond donors (Lipinski definition) is 1. The van der Waals surface area contributed by atoms with E-state index in [1.165, 1.54) is 38.5 Å². The third kappa shape index (κ3) is 9.02. The van der Waals surface area contributed by atoms with Crippen molar-refractivity contribution < 1.29 is 9.59 Å². The summed E-state index contributed by atoms with van der Waals surface area (Å²) in [6, 6.07) is 0.0186. The van der Waals surface area contributed by atoms with Crippen LogP contribution in [0.1, 0.15) is 90.4 Å². The Morgan fingerprint density at radius 2 is 1.76 bits per heavy atom. The van der Waals surface area contributed by atoms with Crippen LogP contribution in [0, 0.1) is 0 Å².